The highest BCUT2D eigenvalue weighted by Crippen LogP contribution is 2.47. The minimum Gasteiger partial charge on any atom is -0.497 e. The first-order chi connectivity index (χ1) is 14.6. The lowest BCUT2D eigenvalue weighted by Crippen LogP contribution is -2.23. The minimum atomic E-state index is -0.204. The van der Waals surface area contributed by atoms with E-state index >= 15 is 0 Å². The van der Waals surface area contributed by atoms with Crippen molar-refractivity contribution in [2.45, 2.75) is 25.2 Å². The molecule has 0 radical (unpaired) electrons. The normalized spacial score (nSPS) is 19.8. The molecule has 0 saturated carbocycles. The molecule has 0 amide bonds. The van der Waals surface area contributed by atoms with E-state index in [0.717, 1.165) is 58.8 Å². The van der Waals surface area contributed by atoms with Crippen LogP contribution in [0.15, 0.2) is 76.9 Å². The molecule has 0 unspecified atom stereocenters. The van der Waals surface area contributed by atoms with E-state index in [1.165, 1.54) is 0 Å². The molecular formula is C25H24N2O3. The summed E-state index contributed by atoms with van der Waals surface area (Å²) in [5.41, 5.74) is 11.0. The van der Waals surface area contributed by atoms with Gasteiger partial charge in [-0.15, -0.1) is 0 Å². The number of ether oxygens (including phenoxy) is 3. The van der Waals surface area contributed by atoms with Crippen LogP contribution in [0, 0.1) is 11.3 Å². The molecule has 1 atom stereocenters. The van der Waals surface area contributed by atoms with Crippen molar-refractivity contribution in [3.8, 4) is 17.6 Å². The fourth-order valence-corrected chi connectivity index (χ4v) is 4.11. The molecule has 2 aromatic rings. The van der Waals surface area contributed by atoms with Gasteiger partial charge in [-0.1, -0.05) is 24.3 Å². The lowest BCUT2D eigenvalue weighted by molar-refractivity contribution is 0.277. The number of methoxy groups -OCH3 is 2. The number of hydrogen-bond donors (Lipinski definition) is 1. The molecule has 5 heteroatoms. The van der Waals surface area contributed by atoms with Crippen LogP contribution in [0.2, 0.25) is 0 Å². The highest BCUT2D eigenvalue weighted by Gasteiger charge is 2.35. The summed E-state index contributed by atoms with van der Waals surface area (Å²) in [6.07, 6.45) is 4.89. The molecule has 0 fully saturated rings. The van der Waals surface area contributed by atoms with Gasteiger partial charge in [0.05, 0.1) is 14.2 Å². The summed E-state index contributed by atoms with van der Waals surface area (Å²) in [4.78, 5) is 0. The van der Waals surface area contributed by atoms with Crippen LogP contribution < -0.4 is 15.2 Å². The summed E-state index contributed by atoms with van der Waals surface area (Å²) >= 11 is 0. The molecule has 5 nitrogen and oxygen atoms in total. The summed E-state index contributed by atoms with van der Waals surface area (Å²) in [5.74, 6) is 2.37. The fourth-order valence-electron chi connectivity index (χ4n) is 4.11. The second-order valence-corrected chi connectivity index (χ2v) is 7.35. The molecule has 4 rings (SSSR count). The average Bonchev–Trinajstić information content (AvgIpc) is 2.79. The van der Waals surface area contributed by atoms with Crippen LogP contribution in [0.1, 0.15) is 36.3 Å². The van der Waals surface area contributed by atoms with Crippen LogP contribution in [0.5, 0.6) is 11.5 Å². The van der Waals surface area contributed by atoms with Crippen molar-refractivity contribution in [3.05, 3.63) is 88.0 Å². The molecular weight excluding hydrogens is 376 g/mol. The Balaban J connectivity index is 1.78. The van der Waals surface area contributed by atoms with E-state index in [1.54, 1.807) is 14.2 Å². The van der Waals surface area contributed by atoms with Crippen molar-refractivity contribution in [2.75, 3.05) is 14.2 Å². The summed E-state index contributed by atoms with van der Waals surface area (Å²) in [6, 6.07) is 18.0. The van der Waals surface area contributed by atoms with Gasteiger partial charge in [-0.2, -0.15) is 5.26 Å². The SMILES string of the molecule is COc1ccc(/C=C2\CCCC3=C2OC(N)=C(C#N)[C@H]3c2ccc(OC)cc2)cc1. The molecule has 2 aliphatic rings. The molecule has 0 aromatic heterocycles. The van der Waals surface area contributed by atoms with Gasteiger partial charge in [0.2, 0.25) is 5.88 Å². The number of nitrogens with two attached hydrogens (primary N) is 1. The molecule has 0 saturated heterocycles. The Bertz CT molecular complexity index is 1070. The number of hydrogen-bond acceptors (Lipinski definition) is 5. The minimum absolute atomic E-state index is 0.180. The van der Waals surface area contributed by atoms with E-state index in [9.17, 15) is 5.26 Å². The lowest BCUT2D eigenvalue weighted by Gasteiger charge is -2.33. The van der Waals surface area contributed by atoms with Crippen molar-refractivity contribution < 1.29 is 14.2 Å². The van der Waals surface area contributed by atoms with E-state index < -0.39 is 0 Å². The Hall–Kier alpha value is -3.65. The fraction of sp³-hybridized carbons (Fsp3) is 0.240. The van der Waals surface area contributed by atoms with Gasteiger partial charge >= 0.3 is 0 Å². The van der Waals surface area contributed by atoms with Crippen LogP contribution in [-0.4, -0.2) is 14.2 Å². The van der Waals surface area contributed by atoms with Gasteiger partial charge in [-0.3, -0.25) is 0 Å². The Kier molecular flexibility index (Phi) is 5.49. The van der Waals surface area contributed by atoms with Crippen molar-refractivity contribution >= 4 is 6.08 Å². The van der Waals surface area contributed by atoms with Crippen molar-refractivity contribution in [2.24, 2.45) is 5.73 Å². The molecule has 0 spiro atoms. The van der Waals surface area contributed by atoms with Crippen molar-refractivity contribution in [1.29, 1.82) is 5.26 Å². The lowest BCUT2D eigenvalue weighted by atomic mass is 9.77. The van der Waals surface area contributed by atoms with E-state index in [4.69, 9.17) is 19.9 Å². The molecule has 0 bridgehead atoms. The zero-order chi connectivity index (χ0) is 21.1. The molecule has 2 N–H and O–H groups in total. The first kappa shape index (κ1) is 19.7. The van der Waals surface area contributed by atoms with Crippen LogP contribution in [0.4, 0.5) is 0 Å². The van der Waals surface area contributed by atoms with Crippen molar-refractivity contribution in [3.63, 3.8) is 0 Å². The average molecular weight is 400 g/mol. The molecule has 1 aliphatic carbocycles. The second kappa shape index (κ2) is 8.38. The predicted molar refractivity (Wildman–Crippen MR) is 115 cm³/mol. The van der Waals surface area contributed by atoms with E-state index in [-0.39, 0.29) is 11.8 Å². The molecule has 1 aliphatic heterocycles. The highest BCUT2D eigenvalue weighted by atomic mass is 16.5. The Morgan fingerprint density at radius 3 is 2.23 bits per heavy atom. The monoisotopic (exact) mass is 400 g/mol. The Morgan fingerprint density at radius 1 is 1.00 bits per heavy atom. The molecule has 1 heterocycles. The summed E-state index contributed by atoms with van der Waals surface area (Å²) < 4.78 is 16.5. The van der Waals surface area contributed by atoms with E-state index in [0.29, 0.717) is 5.57 Å². The van der Waals surface area contributed by atoms with E-state index in [2.05, 4.69) is 12.1 Å². The third-order valence-electron chi connectivity index (χ3n) is 5.62. The van der Waals surface area contributed by atoms with Crippen molar-refractivity contribution in [1.82, 2.24) is 0 Å². The van der Waals surface area contributed by atoms with Gasteiger partial charge in [0.25, 0.3) is 0 Å². The third kappa shape index (κ3) is 3.65. The standard InChI is InChI=1S/C25H24N2O3/c1-28-19-10-6-16(7-11-19)14-18-4-3-5-21-23(17-8-12-20(29-2)13-9-17)22(15-26)25(27)30-24(18)21/h6-14,23H,3-5,27H2,1-2H3/b18-14+/t23-/m0/s1. The van der Waals surface area contributed by atoms with Gasteiger partial charge in [-0.05, 0) is 71.9 Å². The number of nitrogens with zero attached hydrogens (tertiary/aromatic N) is 1. The first-order valence-electron chi connectivity index (χ1n) is 9.94. The quantitative estimate of drug-likeness (QED) is 0.778. The van der Waals surface area contributed by atoms with Gasteiger partial charge in [0, 0.05) is 5.92 Å². The largest absolute Gasteiger partial charge is 0.497 e. The first-order valence-corrected chi connectivity index (χ1v) is 9.94. The van der Waals surface area contributed by atoms with Crippen LogP contribution >= 0.6 is 0 Å². The van der Waals surface area contributed by atoms with Gasteiger partial charge in [-0.25, -0.2) is 0 Å². The van der Waals surface area contributed by atoms with Crippen LogP contribution in [-0.2, 0) is 4.74 Å². The topological polar surface area (TPSA) is 77.5 Å². The van der Waals surface area contributed by atoms with Crippen LogP contribution in [0.3, 0.4) is 0 Å². The number of benzene rings is 2. The van der Waals surface area contributed by atoms with Gasteiger partial charge in [0.1, 0.15) is 28.9 Å². The number of allylic oxidation sites excluding steroid dienone is 3. The maximum atomic E-state index is 9.79. The highest BCUT2D eigenvalue weighted by molar-refractivity contribution is 5.62. The Labute approximate surface area is 176 Å². The molecule has 2 aromatic carbocycles. The predicted octanol–water partition coefficient (Wildman–Crippen LogP) is 5.03. The Morgan fingerprint density at radius 2 is 1.63 bits per heavy atom. The number of rotatable bonds is 4. The second-order valence-electron chi connectivity index (χ2n) is 7.35. The van der Waals surface area contributed by atoms with E-state index in [1.807, 2.05) is 48.5 Å². The summed E-state index contributed by atoms with van der Waals surface area (Å²) in [6.45, 7) is 0. The maximum Gasteiger partial charge on any atom is 0.205 e. The third-order valence-corrected chi connectivity index (χ3v) is 5.62. The summed E-state index contributed by atoms with van der Waals surface area (Å²) in [7, 11) is 3.29. The summed E-state index contributed by atoms with van der Waals surface area (Å²) in [5, 5.41) is 9.79. The zero-order valence-electron chi connectivity index (χ0n) is 17.1. The number of nitriles is 1. The van der Waals surface area contributed by atoms with Gasteiger partial charge < -0.3 is 19.9 Å². The van der Waals surface area contributed by atoms with Gasteiger partial charge in [0.15, 0.2) is 0 Å². The van der Waals surface area contributed by atoms with Crippen LogP contribution in [0.25, 0.3) is 6.08 Å². The smallest absolute Gasteiger partial charge is 0.205 e. The zero-order valence-corrected chi connectivity index (χ0v) is 17.1. The molecule has 152 valence electrons. The maximum absolute atomic E-state index is 9.79. The molecule has 30 heavy (non-hydrogen) atoms.